The molecule has 4 rings (SSSR count). The number of fused-ring (bicyclic) bond motifs is 2. The van der Waals surface area contributed by atoms with Crippen LogP contribution in [-0.4, -0.2) is 30.0 Å². The van der Waals surface area contributed by atoms with Gasteiger partial charge in [-0.2, -0.15) is 0 Å². The van der Waals surface area contributed by atoms with Gasteiger partial charge < -0.3 is 19.3 Å². The van der Waals surface area contributed by atoms with Gasteiger partial charge in [-0.3, -0.25) is 9.78 Å². The summed E-state index contributed by atoms with van der Waals surface area (Å²) in [7, 11) is 1.35. The first-order chi connectivity index (χ1) is 12.7. The average molecular weight is 351 g/mol. The summed E-state index contributed by atoms with van der Waals surface area (Å²) in [6.45, 7) is 0.109. The third-order valence-corrected chi connectivity index (χ3v) is 4.55. The predicted molar refractivity (Wildman–Crippen MR) is 94.4 cm³/mol. The average Bonchev–Trinajstić information content (AvgIpc) is 3.12. The maximum absolute atomic E-state index is 12.1. The van der Waals surface area contributed by atoms with Gasteiger partial charge in [0.25, 0.3) is 0 Å². The molecule has 1 aliphatic rings. The fraction of sp³-hybridized carbons (Fsp3) is 0.200. The fourth-order valence-corrected chi connectivity index (χ4v) is 3.29. The first-order valence-electron chi connectivity index (χ1n) is 8.20. The van der Waals surface area contributed by atoms with Gasteiger partial charge in [-0.1, -0.05) is 18.2 Å². The number of rotatable bonds is 4. The third kappa shape index (κ3) is 2.79. The van der Waals surface area contributed by atoms with E-state index < -0.39 is 5.92 Å². The molecule has 2 heterocycles. The molecule has 0 spiro atoms. The number of ether oxygens (including phenoxy) is 3. The topological polar surface area (TPSA) is 77.9 Å². The summed E-state index contributed by atoms with van der Waals surface area (Å²) in [4.78, 5) is 16.4. The highest BCUT2D eigenvalue weighted by molar-refractivity contribution is 5.84. The quantitative estimate of drug-likeness (QED) is 0.726. The number of phenolic OH excluding ortho intramolecular Hbond substituents is 1. The van der Waals surface area contributed by atoms with E-state index in [1.165, 1.54) is 13.2 Å². The molecule has 0 fully saturated rings. The molecule has 1 aromatic heterocycles. The molecule has 2 aromatic carbocycles. The number of phenols is 1. The zero-order valence-corrected chi connectivity index (χ0v) is 14.1. The smallest absolute Gasteiger partial charge is 0.306 e. The molecule has 1 aliphatic heterocycles. The third-order valence-electron chi connectivity index (χ3n) is 4.55. The summed E-state index contributed by atoms with van der Waals surface area (Å²) in [6.07, 6.45) is 1.78. The Bertz CT molecular complexity index is 980. The minimum Gasteiger partial charge on any atom is -0.508 e. The van der Waals surface area contributed by atoms with Gasteiger partial charge in [-0.25, -0.2) is 0 Å². The summed E-state index contributed by atoms with van der Waals surface area (Å²) in [5, 5.41) is 11.5. The number of benzene rings is 2. The van der Waals surface area contributed by atoms with Gasteiger partial charge in [-0.05, 0) is 23.8 Å². The van der Waals surface area contributed by atoms with Crippen LogP contribution in [0.5, 0.6) is 17.2 Å². The number of carbonyl (C=O) groups is 1. The maximum Gasteiger partial charge on any atom is 0.306 e. The van der Waals surface area contributed by atoms with Gasteiger partial charge in [-0.15, -0.1) is 0 Å². The summed E-state index contributed by atoms with van der Waals surface area (Å²) in [5.74, 6) is 0.301. The molecule has 1 atom stereocenters. The van der Waals surface area contributed by atoms with E-state index in [1.807, 2.05) is 30.3 Å². The minimum atomic E-state index is -0.412. The van der Waals surface area contributed by atoms with Gasteiger partial charge in [0.1, 0.15) is 5.75 Å². The second-order valence-corrected chi connectivity index (χ2v) is 6.01. The molecule has 0 bridgehead atoms. The Labute approximate surface area is 150 Å². The summed E-state index contributed by atoms with van der Waals surface area (Å²) in [6, 6.07) is 12.8. The molecule has 1 unspecified atom stereocenters. The Kier molecular flexibility index (Phi) is 4.08. The van der Waals surface area contributed by atoms with Crippen molar-refractivity contribution in [1.82, 2.24) is 4.98 Å². The molecule has 132 valence electrons. The summed E-state index contributed by atoms with van der Waals surface area (Å²) < 4.78 is 15.6. The Morgan fingerprint density at radius 2 is 1.96 bits per heavy atom. The normalized spacial score (nSPS) is 13.6. The zero-order valence-electron chi connectivity index (χ0n) is 14.1. The lowest BCUT2D eigenvalue weighted by molar-refractivity contribution is -0.140. The standard InChI is InChI=1S/C20H17NO5/c1-24-20(23)9-14(12-6-7-21-16-5-3-2-4-13(12)16)15-8-18-19(10-17(15)22)26-11-25-18/h2-8,10,14,22H,9,11H2,1H3. The zero-order chi connectivity index (χ0) is 18.1. The summed E-state index contributed by atoms with van der Waals surface area (Å²) in [5.41, 5.74) is 2.28. The van der Waals surface area contributed by atoms with Crippen molar-refractivity contribution < 1.29 is 24.1 Å². The van der Waals surface area contributed by atoms with Gasteiger partial charge in [0.15, 0.2) is 11.5 Å². The van der Waals surface area contributed by atoms with Crippen LogP contribution in [0, 0.1) is 0 Å². The molecule has 1 N–H and O–H groups in total. The van der Waals surface area contributed by atoms with E-state index in [0.717, 1.165) is 16.5 Å². The van der Waals surface area contributed by atoms with E-state index in [2.05, 4.69) is 4.98 Å². The molecule has 6 heteroatoms. The van der Waals surface area contributed by atoms with Gasteiger partial charge in [0.2, 0.25) is 6.79 Å². The Morgan fingerprint density at radius 3 is 2.77 bits per heavy atom. The number of nitrogens with zero attached hydrogens (tertiary/aromatic N) is 1. The van der Waals surface area contributed by atoms with Crippen molar-refractivity contribution in [3.63, 3.8) is 0 Å². The highest BCUT2D eigenvalue weighted by Crippen LogP contribution is 2.44. The number of hydrogen-bond acceptors (Lipinski definition) is 6. The molecule has 6 nitrogen and oxygen atoms in total. The Balaban J connectivity index is 1.89. The van der Waals surface area contributed by atoms with Gasteiger partial charge in [0, 0.05) is 29.1 Å². The highest BCUT2D eigenvalue weighted by Gasteiger charge is 2.27. The van der Waals surface area contributed by atoms with Crippen LogP contribution in [-0.2, 0) is 9.53 Å². The fourth-order valence-electron chi connectivity index (χ4n) is 3.29. The molecule has 3 aromatic rings. The lowest BCUT2D eigenvalue weighted by atomic mass is 9.86. The number of methoxy groups -OCH3 is 1. The van der Waals surface area contributed by atoms with E-state index in [1.54, 1.807) is 12.3 Å². The van der Waals surface area contributed by atoms with Crippen molar-refractivity contribution in [2.24, 2.45) is 0 Å². The van der Waals surface area contributed by atoms with E-state index in [0.29, 0.717) is 17.1 Å². The maximum atomic E-state index is 12.1. The molecule has 0 saturated heterocycles. The second-order valence-electron chi connectivity index (χ2n) is 6.01. The molecular formula is C20H17NO5. The monoisotopic (exact) mass is 351 g/mol. The van der Waals surface area contributed by atoms with E-state index in [4.69, 9.17) is 14.2 Å². The molecule has 26 heavy (non-hydrogen) atoms. The second kappa shape index (κ2) is 6.55. The molecule has 0 saturated carbocycles. The van der Waals surface area contributed by atoms with Crippen molar-refractivity contribution in [2.45, 2.75) is 12.3 Å². The first kappa shape index (κ1) is 16.2. The van der Waals surface area contributed by atoms with Crippen LogP contribution in [0.25, 0.3) is 10.9 Å². The minimum absolute atomic E-state index is 0.0454. The van der Waals surface area contributed by atoms with Crippen molar-refractivity contribution in [1.29, 1.82) is 0 Å². The Morgan fingerprint density at radius 1 is 1.19 bits per heavy atom. The number of pyridine rings is 1. The van der Waals surface area contributed by atoms with Crippen LogP contribution in [0.2, 0.25) is 0 Å². The SMILES string of the molecule is COC(=O)CC(c1cc2c(cc1O)OCO2)c1ccnc2ccccc12. The van der Waals surface area contributed by atoms with Gasteiger partial charge in [0.05, 0.1) is 19.0 Å². The van der Waals surface area contributed by atoms with Crippen LogP contribution in [0.15, 0.2) is 48.7 Å². The highest BCUT2D eigenvalue weighted by atomic mass is 16.7. The van der Waals surface area contributed by atoms with E-state index in [-0.39, 0.29) is 24.9 Å². The number of aromatic hydroxyl groups is 1. The summed E-state index contributed by atoms with van der Waals surface area (Å²) >= 11 is 0. The van der Waals surface area contributed by atoms with Gasteiger partial charge >= 0.3 is 5.97 Å². The van der Waals surface area contributed by atoms with Crippen LogP contribution in [0.3, 0.4) is 0 Å². The largest absolute Gasteiger partial charge is 0.508 e. The predicted octanol–water partition coefficient (Wildman–Crippen LogP) is 3.36. The Hall–Kier alpha value is -3.28. The first-order valence-corrected chi connectivity index (χ1v) is 8.20. The lowest BCUT2D eigenvalue weighted by Crippen LogP contribution is -2.11. The van der Waals surface area contributed by atoms with Crippen molar-refractivity contribution in [3.8, 4) is 17.2 Å². The van der Waals surface area contributed by atoms with Crippen LogP contribution >= 0.6 is 0 Å². The van der Waals surface area contributed by atoms with E-state index >= 15 is 0 Å². The lowest BCUT2D eigenvalue weighted by Gasteiger charge is -2.20. The van der Waals surface area contributed by atoms with Crippen LogP contribution < -0.4 is 9.47 Å². The number of aromatic nitrogens is 1. The van der Waals surface area contributed by atoms with Crippen molar-refractivity contribution in [2.75, 3.05) is 13.9 Å². The van der Waals surface area contributed by atoms with Crippen molar-refractivity contribution >= 4 is 16.9 Å². The number of esters is 1. The number of carbonyl (C=O) groups excluding carboxylic acids is 1. The molecule has 0 radical (unpaired) electrons. The van der Waals surface area contributed by atoms with Crippen LogP contribution in [0.1, 0.15) is 23.5 Å². The molecule has 0 aliphatic carbocycles. The molecular weight excluding hydrogens is 334 g/mol. The van der Waals surface area contributed by atoms with Crippen molar-refractivity contribution in [3.05, 3.63) is 59.8 Å². The molecule has 0 amide bonds. The number of para-hydroxylation sites is 1. The number of hydrogen-bond donors (Lipinski definition) is 1. The van der Waals surface area contributed by atoms with Crippen LogP contribution in [0.4, 0.5) is 0 Å². The van der Waals surface area contributed by atoms with E-state index in [9.17, 15) is 9.90 Å².